The summed E-state index contributed by atoms with van der Waals surface area (Å²) >= 11 is 0. The molecule has 0 aliphatic heterocycles. The number of hydrogen-bond donors (Lipinski definition) is 1. The fourth-order valence-electron chi connectivity index (χ4n) is 2.06. The van der Waals surface area contributed by atoms with Crippen LogP contribution < -0.4 is 5.32 Å². The monoisotopic (exact) mass is 292 g/mol. The fraction of sp³-hybridized carbons (Fsp3) is 0.118. The van der Waals surface area contributed by atoms with Gasteiger partial charge in [-0.15, -0.1) is 5.10 Å². The van der Waals surface area contributed by atoms with Gasteiger partial charge in [0.25, 0.3) is 5.91 Å². The van der Waals surface area contributed by atoms with Crippen molar-refractivity contribution < 1.29 is 4.79 Å². The Morgan fingerprint density at radius 1 is 1.09 bits per heavy atom. The van der Waals surface area contributed by atoms with Crippen molar-refractivity contribution in [3.63, 3.8) is 0 Å². The highest BCUT2D eigenvalue weighted by molar-refractivity contribution is 5.91. The minimum Gasteiger partial charge on any atom is -0.347 e. The molecule has 0 aliphatic rings. The number of benzene rings is 2. The molecule has 0 atom stereocenters. The second-order valence-electron chi connectivity index (χ2n) is 5.05. The molecular weight excluding hydrogens is 276 g/mol. The number of aromatic nitrogens is 3. The van der Waals surface area contributed by atoms with Crippen molar-refractivity contribution in [3.05, 3.63) is 77.6 Å². The third-order valence-electron chi connectivity index (χ3n) is 3.32. The summed E-state index contributed by atoms with van der Waals surface area (Å²) in [6.45, 7) is 2.49. The van der Waals surface area contributed by atoms with E-state index in [4.69, 9.17) is 0 Å². The first-order chi connectivity index (χ1) is 10.7. The van der Waals surface area contributed by atoms with Crippen LogP contribution in [0.3, 0.4) is 0 Å². The highest BCUT2D eigenvalue weighted by atomic mass is 16.2. The molecule has 0 aliphatic carbocycles. The normalized spacial score (nSPS) is 10.4. The Balaban J connectivity index is 1.68. The minimum atomic E-state index is -0.234. The average Bonchev–Trinajstić information content (AvgIpc) is 3.04. The molecule has 1 aromatic heterocycles. The first-order valence-electron chi connectivity index (χ1n) is 7.04. The Morgan fingerprint density at radius 2 is 1.82 bits per heavy atom. The van der Waals surface area contributed by atoms with E-state index >= 15 is 0 Å². The van der Waals surface area contributed by atoms with Gasteiger partial charge in [0, 0.05) is 6.54 Å². The Hall–Kier alpha value is -2.95. The lowest BCUT2D eigenvalue weighted by atomic mass is 10.2. The van der Waals surface area contributed by atoms with Crippen LogP contribution in [0.1, 0.15) is 21.6 Å². The van der Waals surface area contributed by atoms with E-state index in [1.165, 1.54) is 5.56 Å². The molecule has 5 heteroatoms. The number of carbonyl (C=O) groups excluding carboxylic acids is 1. The summed E-state index contributed by atoms with van der Waals surface area (Å²) < 4.78 is 1.59. The molecule has 3 rings (SSSR count). The summed E-state index contributed by atoms with van der Waals surface area (Å²) in [5.74, 6) is -0.234. The molecule has 2 aromatic carbocycles. The average molecular weight is 292 g/mol. The number of nitrogens with one attached hydrogen (secondary N) is 1. The largest absolute Gasteiger partial charge is 0.347 e. The molecule has 0 saturated carbocycles. The third-order valence-corrected chi connectivity index (χ3v) is 3.32. The minimum absolute atomic E-state index is 0.234. The van der Waals surface area contributed by atoms with Crippen LogP contribution in [0.4, 0.5) is 0 Å². The predicted molar refractivity (Wildman–Crippen MR) is 83.7 cm³/mol. The van der Waals surface area contributed by atoms with Crippen molar-refractivity contribution in [3.8, 4) is 5.69 Å². The second kappa shape index (κ2) is 6.22. The Morgan fingerprint density at radius 3 is 2.55 bits per heavy atom. The number of carbonyl (C=O) groups is 1. The van der Waals surface area contributed by atoms with Crippen molar-refractivity contribution in [1.29, 1.82) is 0 Å². The molecule has 1 heterocycles. The lowest BCUT2D eigenvalue weighted by Crippen LogP contribution is -2.23. The Kier molecular flexibility index (Phi) is 3.96. The van der Waals surface area contributed by atoms with Crippen LogP contribution in [0.2, 0.25) is 0 Å². The molecule has 0 radical (unpaired) electrons. The van der Waals surface area contributed by atoms with Gasteiger partial charge in [-0.2, -0.15) is 0 Å². The maximum Gasteiger partial charge on any atom is 0.273 e. The standard InChI is InChI=1S/C17H16N4O/c1-13-7-9-15(10-8-13)21-12-16(19-20-21)17(22)18-11-14-5-3-2-4-6-14/h2-10,12H,11H2,1H3,(H,18,22). The van der Waals surface area contributed by atoms with Gasteiger partial charge in [0.15, 0.2) is 5.69 Å². The highest BCUT2D eigenvalue weighted by Gasteiger charge is 2.11. The van der Waals surface area contributed by atoms with E-state index in [-0.39, 0.29) is 5.91 Å². The van der Waals surface area contributed by atoms with Crippen LogP contribution in [-0.2, 0) is 6.54 Å². The summed E-state index contributed by atoms with van der Waals surface area (Å²) in [6.07, 6.45) is 1.63. The van der Waals surface area contributed by atoms with Gasteiger partial charge in [0.1, 0.15) is 0 Å². The molecule has 22 heavy (non-hydrogen) atoms. The van der Waals surface area contributed by atoms with E-state index in [0.29, 0.717) is 12.2 Å². The van der Waals surface area contributed by atoms with E-state index in [9.17, 15) is 4.79 Å². The van der Waals surface area contributed by atoms with Gasteiger partial charge in [-0.05, 0) is 24.6 Å². The van der Waals surface area contributed by atoms with E-state index in [2.05, 4.69) is 15.6 Å². The maximum absolute atomic E-state index is 12.1. The fourth-order valence-corrected chi connectivity index (χ4v) is 2.06. The van der Waals surface area contributed by atoms with Gasteiger partial charge in [-0.1, -0.05) is 53.2 Å². The summed E-state index contributed by atoms with van der Waals surface area (Å²) in [7, 11) is 0. The predicted octanol–water partition coefficient (Wildman–Crippen LogP) is 2.51. The van der Waals surface area contributed by atoms with Crippen molar-refractivity contribution >= 4 is 5.91 Å². The lowest BCUT2D eigenvalue weighted by molar-refractivity contribution is 0.0946. The molecule has 0 spiro atoms. The van der Waals surface area contributed by atoms with Gasteiger partial charge in [-0.3, -0.25) is 4.79 Å². The van der Waals surface area contributed by atoms with E-state index in [1.807, 2.05) is 61.5 Å². The van der Waals surface area contributed by atoms with Crippen LogP contribution in [0.25, 0.3) is 5.69 Å². The first-order valence-corrected chi connectivity index (χ1v) is 7.04. The number of nitrogens with zero attached hydrogens (tertiary/aromatic N) is 3. The summed E-state index contributed by atoms with van der Waals surface area (Å²) in [5, 5.41) is 10.8. The Labute approximate surface area is 128 Å². The SMILES string of the molecule is Cc1ccc(-n2cc(C(=O)NCc3ccccc3)nn2)cc1. The summed E-state index contributed by atoms with van der Waals surface area (Å²) in [4.78, 5) is 12.1. The summed E-state index contributed by atoms with van der Waals surface area (Å²) in [5.41, 5.74) is 3.39. The van der Waals surface area contributed by atoms with Crippen molar-refractivity contribution in [1.82, 2.24) is 20.3 Å². The van der Waals surface area contributed by atoms with Crippen molar-refractivity contribution in [2.24, 2.45) is 0 Å². The second-order valence-corrected chi connectivity index (χ2v) is 5.05. The van der Waals surface area contributed by atoms with Crippen LogP contribution in [0.15, 0.2) is 60.8 Å². The van der Waals surface area contributed by atoms with Gasteiger partial charge in [0.2, 0.25) is 0 Å². The van der Waals surface area contributed by atoms with Crippen molar-refractivity contribution in [2.45, 2.75) is 13.5 Å². The van der Waals surface area contributed by atoms with Gasteiger partial charge < -0.3 is 5.32 Å². The quantitative estimate of drug-likeness (QED) is 0.803. The molecular formula is C17H16N4O. The molecule has 110 valence electrons. The molecule has 1 N–H and O–H groups in total. The number of aryl methyl sites for hydroxylation is 1. The van der Waals surface area contributed by atoms with Crippen LogP contribution in [-0.4, -0.2) is 20.9 Å². The van der Waals surface area contributed by atoms with Crippen LogP contribution in [0, 0.1) is 6.92 Å². The molecule has 1 amide bonds. The highest BCUT2D eigenvalue weighted by Crippen LogP contribution is 2.08. The topological polar surface area (TPSA) is 59.8 Å². The van der Waals surface area contributed by atoms with Crippen LogP contribution in [0.5, 0.6) is 0 Å². The van der Waals surface area contributed by atoms with E-state index in [1.54, 1.807) is 10.9 Å². The zero-order valence-electron chi connectivity index (χ0n) is 12.2. The summed E-state index contributed by atoms with van der Waals surface area (Å²) in [6, 6.07) is 17.6. The van der Waals surface area contributed by atoms with E-state index < -0.39 is 0 Å². The smallest absolute Gasteiger partial charge is 0.273 e. The Bertz CT molecular complexity index is 763. The molecule has 0 bridgehead atoms. The molecule has 0 unspecified atom stereocenters. The number of amides is 1. The van der Waals surface area contributed by atoms with E-state index in [0.717, 1.165) is 11.3 Å². The molecule has 5 nitrogen and oxygen atoms in total. The maximum atomic E-state index is 12.1. The first kappa shape index (κ1) is 14.0. The molecule has 3 aromatic rings. The third kappa shape index (κ3) is 3.20. The molecule has 0 fully saturated rings. The number of hydrogen-bond acceptors (Lipinski definition) is 3. The zero-order chi connectivity index (χ0) is 15.4. The lowest BCUT2D eigenvalue weighted by Gasteiger charge is -2.02. The van der Waals surface area contributed by atoms with Gasteiger partial charge >= 0.3 is 0 Å². The number of rotatable bonds is 4. The van der Waals surface area contributed by atoms with Gasteiger partial charge in [0.05, 0.1) is 11.9 Å². The molecule has 0 saturated heterocycles. The van der Waals surface area contributed by atoms with Crippen LogP contribution >= 0.6 is 0 Å². The van der Waals surface area contributed by atoms with Gasteiger partial charge in [-0.25, -0.2) is 4.68 Å². The van der Waals surface area contributed by atoms with Crippen molar-refractivity contribution in [2.75, 3.05) is 0 Å². The zero-order valence-corrected chi connectivity index (χ0v) is 12.2.